The standard InChI is InChI=1S/C19H20N4O2/c24-12-11-18(15-7-3-1-4-8-15)22-19(25)21-16-13-20-23(14-16)17-9-5-2-6-10-17/h1-10,13-14,18,24H,11-12H2,(H2,21,22,25)/t18-/m1/s1. The molecule has 0 spiro atoms. The molecule has 0 bridgehead atoms. The van der Waals surface area contributed by atoms with Crippen molar-refractivity contribution in [2.45, 2.75) is 12.5 Å². The van der Waals surface area contributed by atoms with Crippen LogP contribution in [0.5, 0.6) is 0 Å². The summed E-state index contributed by atoms with van der Waals surface area (Å²) in [5, 5.41) is 19.2. The third-order valence-electron chi connectivity index (χ3n) is 3.79. The molecule has 0 saturated carbocycles. The average molecular weight is 336 g/mol. The van der Waals surface area contributed by atoms with Crippen LogP contribution in [-0.2, 0) is 0 Å². The number of carbonyl (C=O) groups is 1. The zero-order valence-corrected chi connectivity index (χ0v) is 13.7. The van der Waals surface area contributed by atoms with Crippen molar-refractivity contribution in [3.8, 4) is 5.69 Å². The maximum absolute atomic E-state index is 12.3. The van der Waals surface area contributed by atoms with E-state index < -0.39 is 0 Å². The number of anilines is 1. The summed E-state index contributed by atoms with van der Waals surface area (Å²) in [5.41, 5.74) is 2.46. The lowest BCUT2D eigenvalue weighted by Gasteiger charge is -2.18. The molecule has 2 aromatic carbocycles. The number of benzene rings is 2. The highest BCUT2D eigenvalue weighted by molar-refractivity contribution is 5.89. The van der Waals surface area contributed by atoms with Crippen molar-refractivity contribution in [3.05, 3.63) is 78.6 Å². The monoisotopic (exact) mass is 336 g/mol. The number of aliphatic hydroxyl groups is 1. The van der Waals surface area contributed by atoms with Crippen LogP contribution in [0.15, 0.2) is 73.1 Å². The smallest absolute Gasteiger partial charge is 0.319 e. The zero-order valence-electron chi connectivity index (χ0n) is 13.7. The number of aromatic nitrogens is 2. The first-order chi connectivity index (χ1) is 12.3. The summed E-state index contributed by atoms with van der Waals surface area (Å²) in [5.74, 6) is 0. The van der Waals surface area contributed by atoms with Crippen LogP contribution in [0, 0.1) is 0 Å². The van der Waals surface area contributed by atoms with Gasteiger partial charge in [-0.1, -0.05) is 48.5 Å². The molecule has 6 heteroatoms. The van der Waals surface area contributed by atoms with E-state index in [4.69, 9.17) is 0 Å². The molecular weight excluding hydrogens is 316 g/mol. The minimum atomic E-state index is -0.338. The molecule has 1 aromatic heterocycles. The number of rotatable bonds is 6. The largest absolute Gasteiger partial charge is 0.396 e. The number of carbonyl (C=O) groups excluding carboxylic acids is 1. The van der Waals surface area contributed by atoms with Crippen LogP contribution < -0.4 is 10.6 Å². The van der Waals surface area contributed by atoms with Gasteiger partial charge in [-0.15, -0.1) is 0 Å². The number of aliphatic hydroxyl groups excluding tert-OH is 1. The van der Waals surface area contributed by atoms with E-state index in [1.165, 1.54) is 0 Å². The molecule has 0 aliphatic rings. The summed E-state index contributed by atoms with van der Waals surface area (Å²) in [7, 11) is 0. The third-order valence-corrected chi connectivity index (χ3v) is 3.79. The van der Waals surface area contributed by atoms with Crippen molar-refractivity contribution >= 4 is 11.7 Å². The Bertz CT molecular complexity index is 803. The van der Waals surface area contributed by atoms with E-state index in [1.807, 2.05) is 60.7 Å². The molecule has 3 N–H and O–H groups in total. The van der Waals surface area contributed by atoms with E-state index >= 15 is 0 Å². The van der Waals surface area contributed by atoms with Gasteiger partial charge in [0.2, 0.25) is 0 Å². The Labute approximate surface area is 146 Å². The lowest BCUT2D eigenvalue weighted by atomic mass is 10.0. The third kappa shape index (κ3) is 4.45. The Morgan fingerprint density at radius 1 is 1.08 bits per heavy atom. The number of urea groups is 1. The lowest BCUT2D eigenvalue weighted by molar-refractivity contribution is 0.239. The fourth-order valence-electron chi connectivity index (χ4n) is 2.57. The molecule has 2 amide bonds. The van der Waals surface area contributed by atoms with E-state index in [9.17, 15) is 9.90 Å². The first-order valence-electron chi connectivity index (χ1n) is 8.09. The van der Waals surface area contributed by atoms with Crippen molar-refractivity contribution in [1.29, 1.82) is 0 Å². The number of hydrogen-bond donors (Lipinski definition) is 3. The molecule has 0 fully saturated rings. The molecule has 0 unspecified atom stereocenters. The number of hydrogen-bond acceptors (Lipinski definition) is 3. The van der Waals surface area contributed by atoms with Gasteiger partial charge < -0.3 is 15.7 Å². The first-order valence-corrected chi connectivity index (χ1v) is 8.09. The summed E-state index contributed by atoms with van der Waals surface area (Å²) >= 11 is 0. The van der Waals surface area contributed by atoms with Crippen LogP contribution in [0.25, 0.3) is 5.69 Å². The Kier molecular flexibility index (Phi) is 5.43. The minimum absolute atomic E-state index is 0.00815. The first kappa shape index (κ1) is 16.7. The fourth-order valence-corrected chi connectivity index (χ4v) is 2.57. The van der Waals surface area contributed by atoms with Crippen LogP contribution in [0.4, 0.5) is 10.5 Å². The maximum atomic E-state index is 12.3. The number of para-hydroxylation sites is 1. The highest BCUT2D eigenvalue weighted by Gasteiger charge is 2.14. The molecule has 25 heavy (non-hydrogen) atoms. The summed E-state index contributed by atoms with van der Waals surface area (Å²) in [6.45, 7) is -0.00815. The van der Waals surface area contributed by atoms with Gasteiger partial charge in [0.1, 0.15) is 0 Å². The average Bonchev–Trinajstić information content (AvgIpc) is 3.11. The zero-order chi connectivity index (χ0) is 17.5. The van der Waals surface area contributed by atoms with Crippen LogP contribution >= 0.6 is 0 Å². The van der Waals surface area contributed by atoms with Crippen LogP contribution in [0.3, 0.4) is 0 Å². The van der Waals surface area contributed by atoms with Crippen LogP contribution in [0.2, 0.25) is 0 Å². The van der Waals surface area contributed by atoms with Crippen molar-refractivity contribution in [2.75, 3.05) is 11.9 Å². The minimum Gasteiger partial charge on any atom is -0.396 e. The molecule has 0 radical (unpaired) electrons. The van der Waals surface area contributed by atoms with Crippen LogP contribution in [0.1, 0.15) is 18.0 Å². The quantitative estimate of drug-likeness (QED) is 0.647. The van der Waals surface area contributed by atoms with Crippen LogP contribution in [-0.4, -0.2) is 27.5 Å². The van der Waals surface area contributed by atoms with E-state index in [-0.39, 0.29) is 18.7 Å². The van der Waals surface area contributed by atoms with Crippen molar-refractivity contribution < 1.29 is 9.90 Å². The summed E-state index contributed by atoms with van der Waals surface area (Å²) in [6, 6.07) is 18.6. The van der Waals surface area contributed by atoms with E-state index in [1.54, 1.807) is 17.1 Å². The Morgan fingerprint density at radius 3 is 2.44 bits per heavy atom. The summed E-state index contributed by atoms with van der Waals surface area (Å²) in [6.07, 6.45) is 3.79. The second-order valence-electron chi connectivity index (χ2n) is 5.58. The predicted octanol–water partition coefficient (Wildman–Crippen LogP) is 3.12. The Balaban J connectivity index is 1.65. The highest BCUT2D eigenvalue weighted by atomic mass is 16.3. The topological polar surface area (TPSA) is 79.2 Å². The van der Waals surface area contributed by atoms with Gasteiger partial charge in [0.25, 0.3) is 0 Å². The van der Waals surface area contributed by atoms with E-state index in [0.717, 1.165) is 11.3 Å². The van der Waals surface area contributed by atoms with Gasteiger partial charge in [-0.25, -0.2) is 9.48 Å². The van der Waals surface area contributed by atoms with E-state index in [2.05, 4.69) is 15.7 Å². The summed E-state index contributed by atoms with van der Waals surface area (Å²) < 4.78 is 1.69. The normalized spacial score (nSPS) is 11.7. The maximum Gasteiger partial charge on any atom is 0.319 e. The van der Waals surface area contributed by atoms with Gasteiger partial charge >= 0.3 is 6.03 Å². The molecule has 3 aromatic rings. The molecule has 0 aliphatic heterocycles. The molecule has 1 atom stereocenters. The van der Waals surface area contributed by atoms with Crippen molar-refractivity contribution in [3.63, 3.8) is 0 Å². The van der Waals surface area contributed by atoms with E-state index in [0.29, 0.717) is 12.1 Å². The molecule has 1 heterocycles. The number of nitrogens with one attached hydrogen (secondary N) is 2. The second-order valence-corrected chi connectivity index (χ2v) is 5.58. The number of nitrogens with zero attached hydrogens (tertiary/aromatic N) is 2. The molecule has 0 aliphatic carbocycles. The molecule has 6 nitrogen and oxygen atoms in total. The Morgan fingerprint density at radius 2 is 1.76 bits per heavy atom. The Hall–Kier alpha value is -3.12. The van der Waals surface area contributed by atoms with Crippen molar-refractivity contribution in [2.24, 2.45) is 0 Å². The molecular formula is C19H20N4O2. The number of amides is 2. The van der Waals surface area contributed by atoms with Gasteiger partial charge in [-0.3, -0.25) is 0 Å². The molecule has 3 rings (SSSR count). The molecule has 0 saturated heterocycles. The predicted molar refractivity (Wildman–Crippen MR) is 96.6 cm³/mol. The SMILES string of the molecule is O=C(Nc1cnn(-c2ccccc2)c1)N[C@H](CCO)c1ccccc1. The fraction of sp³-hybridized carbons (Fsp3) is 0.158. The van der Waals surface area contributed by atoms with Gasteiger partial charge in [0.05, 0.1) is 29.8 Å². The molecule has 128 valence electrons. The van der Waals surface area contributed by atoms with Gasteiger partial charge in [0.15, 0.2) is 0 Å². The van der Waals surface area contributed by atoms with Gasteiger partial charge in [-0.05, 0) is 24.1 Å². The van der Waals surface area contributed by atoms with Crippen molar-refractivity contribution in [1.82, 2.24) is 15.1 Å². The summed E-state index contributed by atoms with van der Waals surface area (Å²) in [4.78, 5) is 12.3. The van der Waals surface area contributed by atoms with Gasteiger partial charge in [0, 0.05) is 6.61 Å². The lowest BCUT2D eigenvalue weighted by Crippen LogP contribution is -2.33. The van der Waals surface area contributed by atoms with Gasteiger partial charge in [-0.2, -0.15) is 5.10 Å². The second kappa shape index (κ2) is 8.12. The highest BCUT2D eigenvalue weighted by Crippen LogP contribution is 2.17.